The maximum Gasteiger partial charge on any atom is 0.159 e. The fourth-order valence-electron chi connectivity index (χ4n) is 1.19. The van der Waals surface area contributed by atoms with Gasteiger partial charge in [0.25, 0.3) is 0 Å². The highest BCUT2D eigenvalue weighted by Gasteiger charge is 2.00. The Bertz CT molecular complexity index is 465. The van der Waals surface area contributed by atoms with Crippen LogP contribution in [0.4, 0.5) is 0 Å². The van der Waals surface area contributed by atoms with Crippen LogP contribution in [0.3, 0.4) is 0 Å². The Balaban J connectivity index is 2.69. The zero-order valence-electron chi connectivity index (χ0n) is 7.19. The van der Waals surface area contributed by atoms with Crippen molar-refractivity contribution in [2.24, 2.45) is 0 Å². The quantitative estimate of drug-likeness (QED) is 0.616. The van der Waals surface area contributed by atoms with Gasteiger partial charge in [0, 0.05) is 17.1 Å². The highest BCUT2D eigenvalue weighted by molar-refractivity contribution is 5.97. The number of hydrogen-bond donors (Lipinski definition) is 0. The smallest absolute Gasteiger partial charge is 0.159 e. The Hall–Kier alpha value is -1.77. The Labute approximate surface area is 75.4 Å². The van der Waals surface area contributed by atoms with E-state index in [2.05, 4.69) is 9.97 Å². The number of aromatic nitrogens is 2. The molecule has 1 aromatic heterocycles. The van der Waals surface area contributed by atoms with E-state index in [9.17, 15) is 4.79 Å². The van der Waals surface area contributed by atoms with E-state index >= 15 is 0 Å². The lowest BCUT2D eigenvalue weighted by Crippen LogP contribution is -1.92. The molecule has 0 bridgehead atoms. The molecule has 3 nitrogen and oxygen atoms in total. The number of Topliss-reactive ketones (excluding diaryl/α,β-unsaturated/α-hetero) is 1. The molecule has 0 N–H and O–H groups in total. The number of ketones is 1. The van der Waals surface area contributed by atoms with Gasteiger partial charge in [0.2, 0.25) is 0 Å². The van der Waals surface area contributed by atoms with Gasteiger partial charge in [-0.2, -0.15) is 0 Å². The first-order valence-electron chi connectivity index (χ1n) is 3.98. The Kier molecular flexibility index (Phi) is 1.77. The number of rotatable bonds is 1. The van der Waals surface area contributed by atoms with Gasteiger partial charge >= 0.3 is 0 Å². The second-order valence-corrected chi connectivity index (χ2v) is 2.85. The summed E-state index contributed by atoms with van der Waals surface area (Å²) < 4.78 is 0. The third-order valence-electron chi connectivity index (χ3n) is 1.91. The van der Waals surface area contributed by atoms with Crippen LogP contribution in [0.15, 0.2) is 30.7 Å². The van der Waals surface area contributed by atoms with Gasteiger partial charge in [-0.05, 0) is 13.0 Å². The van der Waals surface area contributed by atoms with Crippen LogP contribution < -0.4 is 0 Å². The van der Waals surface area contributed by atoms with E-state index in [4.69, 9.17) is 0 Å². The molecule has 2 aromatic rings. The second kappa shape index (κ2) is 2.94. The van der Waals surface area contributed by atoms with Gasteiger partial charge < -0.3 is 0 Å². The summed E-state index contributed by atoms with van der Waals surface area (Å²) in [5.74, 6) is 0.0560. The Morgan fingerprint density at radius 1 is 1.38 bits per heavy atom. The molecule has 0 fully saturated rings. The summed E-state index contributed by atoms with van der Waals surface area (Å²) in [6.45, 7) is 1.54. The summed E-state index contributed by atoms with van der Waals surface area (Å²) >= 11 is 0. The molecule has 3 heteroatoms. The van der Waals surface area contributed by atoms with Gasteiger partial charge in [0.1, 0.15) is 6.33 Å². The summed E-state index contributed by atoms with van der Waals surface area (Å²) in [4.78, 5) is 19.0. The van der Waals surface area contributed by atoms with Gasteiger partial charge in [-0.25, -0.2) is 9.97 Å². The lowest BCUT2D eigenvalue weighted by Gasteiger charge is -1.97. The third kappa shape index (κ3) is 1.40. The first-order valence-corrected chi connectivity index (χ1v) is 3.98. The molecular weight excluding hydrogens is 164 g/mol. The van der Waals surface area contributed by atoms with E-state index < -0.39 is 0 Å². The summed E-state index contributed by atoms with van der Waals surface area (Å²) in [7, 11) is 0. The molecule has 13 heavy (non-hydrogen) atoms. The van der Waals surface area contributed by atoms with Crippen molar-refractivity contribution in [3.8, 4) is 0 Å². The van der Waals surface area contributed by atoms with E-state index in [-0.39, 0.29) is 5.78 Å². The van der Waals surface area contributed by atoms with Crippen LogP contribution in [0, 0.1) is 0 Å². The van der Waals surface area contributed by atoms with Crippen LogP contribution in [-0.2, 0) is 0 Å². The zero-order valence-corrected chi connectivity index (χ0v) is 7.19. The minimum Gasteiger partial charge on any atom is -0.295 e. The van der Waals surface area contributed by atoms with Gasteiger partial charge in [0.05, 0.1) is 5.52 Å². The van der Waals surface area contributed by atoms with Crippen molar-refractivity contribution in [3.63, 3.8) is 0 Å². The first-order chi connectivity index (χ1) is 6.27. The highest BCUT2D eigenvalue weighted by Crippen LogP contribution is 2.12. The molecule has 0 unspecified atom stereocenters. The Morgan fingerprint density at radius 2 is 2.23 bits per heavy atom. The highest BCUT2D eigenvalue weighted by atomic mass is 16.1. The molecule has 64 valence electrons. The number of nitrogens with zero attached hydrogens (tertiary/aromatic N) is 2. The molecule has 0 spiro atoms. The van der Waals surface area contributed by atoms with Crippen LogP contribution in [0.5, 0.6) is 0 Å². The van der Waals surface area contributed by atoms with E-state index in [0.29, 0.717) is 5.56 Å². The normalized spacial score (nSPS) is 10.2. The van der Waals surface area contributed by atoms with E-state index in [0.717, 1.165) is 10.9 Å². The number of hydrogen-bond acceptors (Lipinski definition) is 3. The van der Waals surface area contributed by atoms with Gasteiger partial charge in [-0.15, -0.1) is 0 Å². The van der Waals surface area contributed by atoms with Crippen molar-refractivity contribution in [2.75, 3.05) is 0 Å². The van der Waals surface area contributed by atoms with Crippen LogP contribution in [0.2, 0.25) is 0 Å². The zero-order chi connectivity index (χ0) is 9.26. The molecule has 0 aliphatic carbocycles. The van der Waals surface area contributed by atoms with Crippen LogP contribution >= 0.6 is 0 Å². The van der Waals surface area contributed by atoms with Crippen molar-refractivity contribution < 1.29 is 4.79 Å². The average molecular weight is 172 g/mol. The predicted octanol–water partition coefficient (Wildman–Crippen LogP) is 1.83. The minimum absolute atomic E-state index is 0.0560. The number of fused-ring (bicyclic) bond motifs is 1. The first kappa shape index (κ1) is 7.86. The summed E-state index contributed by atoms with van der Waals surface area (Å²) in [5, 5.41) is 0.951. The monoisotopic (exact) mass is 172 g/mol. The number of carbonyl (C=O) groups is 1. The molecule has 0 aliphatic rings. The molecule has 1 aromatic carbocycles. The van der Waals surface area contributed by atoms with E-state index in [1.165, 1.54) is 6.33 Å². The van der Waals surface area contributed by atoms with Crippen molar-refractivity contribution in [1.29, 1.82) is 0 Å². The number of carbonyl (C=O) groups excluding carboxylic acids is 1. The molecule has 0 atom stereocenters. The van der Waals surface area contributed by atoms with Crippen LogP contribution in [-0.4, -0.2) is 15.8 Å². The van der Waals surface area contributed by atoms with Crippen molar-refractivity contribution >= 4 is 16.7 Å². The van der Waals surface area contributed by atoms with Crippen molar-refractivity contribution in [1.82, 2.24) is 9.97 Å². The average Bonchev–Trinajstić information content (AvgIpc) is 2.17. The lowest BCUT2D eigenvalue weighted by molar-refractivity contribution is 0.101. The molecule has 0 radical (unpaired) electrons. The minimum atomic E-state index is 0.0560. The molecule has 2 rings (SSSR count). The second-order valence-electron chi connectivity index (χ2n) is 2.85. The maximum atomic E-state index is 11.0. The van der Waals surface area contributed by atoms with Crippen molar-refractivity contribution in [3.05, 3.63) is 36.3 Å². The molecule has 0 aliphatic heterocycles. The number of benzene rings is 1. The van der Waals surface area contributed by atoms with Gasteiger partial charge in [-0.1, -0.05) is 12.1 Å². The fraction of sp³-hybridized carbons (Fsp3) is 0.100. The summed E-state index contributed by atoms with van der Waals surface area (Å²) in [6.07, 6.45) is 3.21. The third-order valence-corrected chi connectivity index (χ3v) is 1.91. The standard InChI is InChI=1S/C10H8N2O/c1-7(13)8-2-3-9-5-11-6-12-10(9)4-8/h2-6H,1H3. The van der Waals surface area contributed by atoms with E-state index in [1.54, 1.807) is 25.3 Å². The summed E-state index contributed by atoms with van der Waals surface area (Å²) in [6, 6.07) is 5.42. The van der Waals surface area contributed by atoms with E-state index in [1.807, 2.05) is 6.07 Å². The molecule has 0 saturated heterocycles. The lowest BCUT2D eigenvalue weighted by atomic mass is 10.1. The molecule has 0 saturated carbocycles. The fourth-order valence-corrected chi connectivity index (χ4v) is 1.19. The molecule has 1 heterocycles. The topological polar surface area (TPSA) is 42.9 Å². The largest absolute Gasteiger partial charge is 0.295 e. The van der Waals surface area contributed by atoms with Crippen molar-refractivity contribution in [2.45, 2.75) is 6.92 Å². The van der Waals surface area contributed by atoms with Gasteiger partial charge in [-0.3, -0.25) is 4.79 Å². The van der Waals surface area contributed by atoms with Crippen LogP contribution in [0.25, 0.3) is 10.9 Å². The maximum absolute atomic E-state index is 11.0. The summed E-state index contributed by atoms with van der Waals surface area (Å²) in [5.41, 5.74) is 1.49. The SMILES string of the molecule is CC(=O)c1ccc2cncnc2c1. The van der Waals surface area contributed by atoms with Crippen LogP contribution in [0.1, 0.15) is 17.3 Å². The molecular formula is C10H8N2O. The molecule has 0 amide bonds. The van der Waals surface area contributed by atoms with Gasteiger partial charge in [0.15, 0.2) is 5.78 Å². The predicted molar refractivity (Wildman–Crippen MR) is 49.5 cm³/mol. The Morgan fingerprint density at radius 3 is 3.00 bits per heavy atom.